The van der Waals surface area contributed by atoms with Crippen molar-refractivity contribution < 1.29 is 19.0 Å². The summed E-state index contributed by atoms with van der Waals surface area (Å²) in [7, 11) is 4.53. The zero-order valence-corrected chi connectivity index (χ0v) is 19.9. The van der Waals surface area contributed by atoms with E-state index in [9.17, 15) is 4.79 Å². The fourth-order valence-corrected chi connectivity index (χ4v) is 3.79. The molecule has 0 atom stereocenters. The number of benzene rings is 3. The number of amides is 1. The molecule has 1 amide bonds. The Balaban J connectivity index is 1.56. The van der Waals surface area contributed by atoms with Gasteiger partial charge in [-0.2, -0.15) is 0 Å². The van der Waals surface area contributed by atoms with Crippen molar-refractivity contribution in [2.24, 2.45) is 4.99 Å². The molecule has 1 aromatic heterocycles. The molecule has 1 heterocycles. The van der Waals surface area contributed by atoms with Crippen LogP contribution >= 0.6 is 0 Å². The number of aliphatic imine (C=N–C) groups is 1. The van der Waals surface area contributed by atoms with Crippen molar-refractivity contribution in [3.05, 3.63) is 84.1 Å². The van der Waals surface area contributed by atoms with Crippen LogP contribution in [0.25, 0.3) is 10.9 Å². The van der Waals surface area contributed by atoms with Crippen LogP contribution < -0.4 is 24.8 Å². The Kier molecular flexibility index (Phi) is 7.52. The van der Waals surface area contributed by atoms with Gasteiger partial charge < -0.3 is 24.5 Å². The summed E-state index contributed by atoms with van der Waals surface area (Å²) in [4.78, 5) is 21.1. The summed E-state index contributed by atoms with van der Waals surface area (Å²) in [6.07, 6.45) is 2.71. The SMILES string of the molecule is COc1cc(C(=O)NC(=NCCc2c[nH]c3ccccc23)Nc2ccccc2)cc(OC)c1OC. The molecule has 0 fully saturated rings. The van der Waals surface area contributed by atoms with E-state index in [1.54, 1.807) is 12.1 Å². The van der Waals surface area contributed by atoms with Crippen LogP contribution in [0.2, 0.25) is 0 Å². The molecule has 35 heavy (non-hydrogen) atoms. The molecule has 0 bridgehead atoms. The van der Waals surface area contributed by atoms with Crippen LogP contribution in [0.1, 0.15) is 15.9 Å². The molecule has 8 nitrogen and oxygen atoms in total. The van der Waals surface area contributed by atoms with E-state index in [1.807, 2.05) is 54.7 Å². The maximum absolute atomic E-state index is 13.2. The Bertz CT molecular complexity index is 1310. The average Bonchev–Trinajstić information content (AvgIpc) is 3.31. The van der Waals surface area contributed by atoms with Crippen molar-refractivity contribution in [3.63, 3.8) is 0 Å². The van der Waals surface area contributed by atoms with Crippen LogP contribution in [0.3, 0.4) is 0 Å². The lowest BCUT2D eigenvalue weighted by atomic mass is 10.1. The number of nitrogens with one attached hydrogen (secondary N) is 3. The van der Waals surface area contributed by atoms with E-state index in [-0.39, 0.29) is 5.91 Å². The van der Waals surface area contributed by atoms with Gasteiger partial charge in [-0.1, -0.05) is 36.4 Å². The number of aromatic amines is 1. The van der Waals surface area contributed by atoms with E-state index in [4.69, 9.17) is 14.2 Å². The normalized spacial score (nSPS) is 11.2. The molecule has 0 saturated heterocycles. The van der Waals surface area contributed by atoms with Gasteiger partial charge in [0.2, 0.25) is 11.7 Å². The molecule has 3 aromatic carbocycles. The minimum atomic E-state index is -0.362. The molecule has 3 N–H and O–H groups in total. The van der Waals surface area contributed by atoms with Crippen LogP contribution in [0.4, 0.5) is 5.69 Å². The number of nitrogens with zero attached hydrogens (tertiary/aromatic N) is 1. The van der Waals surface area contributed by atoms with Crippen LogP contribution in [-0.4, -0.2) is 44.7 Å². The zero-order valence-electron chi connectivity index (χ0n) is 19.9. The minimum Gasteiger partial charge on any atom is -0.493 e. The fraction of sp³-hybridized carbons (Fsp3) is 0.185. The number of aromatic nitrogens is 1. The number of hydrogen-bond acceptors (Lipinski definition) is 5. The summed E-state index contributed by atoms with van der Waals surface area (Å²) in [6.45, 7) is 0.479. The molecular weight excluding hydrogens is 444 g/mol. The smallest absolute Gasteiger partial charge is 0.258 e. The fourth-order valence-electron chi connectivity index (χ4n) is 3.79. The number of guanidine groups is 1. The van der Waals surface area contributed by atoms with Gasteiger partial charge in [0.05, 0.1) is 21.3 Å². The topological polar surface area (TPSA) is 97.0 Å². The predicted molar refractivity (Wildman–Crippen MR) is 138 cm³/mol. The van der Waals surface area contributed by atoms with E-state index in [0.29, 0.717) is 41.7 Å². The molecule has 0 radical (unpaired) electrons. The number of fused-ring (bicyclic) bond motifs is 1. The second kappa shape index (κ2) is 11.1. The van der Waals surface area contributed by atoms with Crippen LogP contribution in [0.15, 0.2) is 77.9 Å². The Morgan fingerprint density at radius 3 is 2.29 bits per heavy atom. The Labute approximate surface area is 203 Å². The number of carbonyl (C=O) groups is 1. The van der Waals surface area contributed by atoms with Gasteiger partial charge in [-0.3, -0.25) is 15.1 Å². The van der Waals surface area contributed by atoms with Gasteiger partial charge in [-0.05, 0) is 42.3 Å². The van der Waals surface area contributed by atoms with E-state index in [2.05, 4.69) is 26.7 Å². The van der Waals surface area contributed by atoms with E-state index in [0.717, 1.165) is 11.2 Å². The standard InChI is InChI=1S/C27H28N4O4/c1-33-23-15-19(16-24(34-2)25(23)35-3)26(32)31-27(30-20-9-5-4-6-10-20)28-14-13-18-17-29-22-12-8-7-11-21(18)22/h4-12,15-17,29H,13-14H2,1-3H3,(H2,28,30,31,32). The summed E-state index contributed by atoms with van der Waals surface area (Å²) in [5.74, 6) is 1.19. The van der Waals surface area contributed by atoms with Crippen LogP contribution in [-0.2, 0) is 6.42 Å². The zero-order chi connectivity index (χ0) is 24.6. The number of ether oxygens (including phenoxy) is 3. The first-order chi connectivity index (χ1) is 17.1. The molecule has 8 heteroatoms. The molecule has 0 aliphatic carbocycles. The first-order valence-electron chi connectivity index (χ1n) is 11.2. The lowest BCUT2D eigenvalue weighted by Gasteiger charge is -2.15. The van der Waals surface area contributed by atoms with Gasteiger partial charge in [0, 0.05) is 34.9 Å². The summed E-state index contributed by atoms with van der Waals surface area (Å²) in [6, 6.07) is 20.9. The molecule has 4 aromatic rings. The van der Waals surface area contributed by atoms with E-state index >= 15 is 0 Å². The van der Waals surface area contributed by atoms with Crippen molar-refractivity contribution in [3.8, 4) is 17.2 Å². The highest BCUT2D eigenvalue weighted by Gasteiger charge is 2.18. The van der Waals surface area contributed by atoms with Gasteiger partial charge >= 0.3 is 0 Å². The minimum absolute atomic E-state index is 0.342. The van der Waals surface area contributed by atoms with Gasteiger partial charge in [0.15, 0.2) is 11.5 Å². The molecule has 0 aliphatic heterocycles. The molecule has 0 unspecified atom stereocenters. The predicted octanol–water partition coefficient (Wildman–Crippen LogP) is 4.63. The van der Waals surface area contributed by atoms with Gasteiger partial charge in [0.25, 0.3) is 5.91 Å². The van der Waals surface area contributed by atoms with Crippen molar-refractivity contribution in [1.29, 1.82) is 0 Å². The van der Waals surface area contributed by atoms with Crippen molar-refractivity contribution in [2.75, 3.05) is 33.2 Å². The third-order valence-corrected chi connectivity index (χ3v) is 5.52. The number of methoxy groups -OCH3 is 3. The van der Waals surface area contributed by atoms with E-state index < -0.39 is 0 Å². The Morgan fingerprint density at radius 1 is 0.914 bits per heavy atom. The van der Waals surface area contributed by atoms with E-state index in [1.165, 1.54) is 32.3 Å². The number of para-hydroxylation sites is 2. The van der Waals surface area contributed by atoms with Crippen molar-refractivity contribution in [1.82, 2.24) is 10.3 Å². The van der Waals surface area contributed by atoms with Gasteiger partial charge in [-0.25, -0.2) is 0 Å². The van der Waals surface area contributed by atoms with Crippen molar-refractivity contribution in [2.45, 2.75) is 6.42 Å². The quantitative estimate of drug-likeness (QED) is 0.257. The summed E-state index contributed by atoms with van der Waals surface area (Å²) >= 11 is 0. The number of carbonyl (C=O) groups excluding carboxylic acids is 1. The molecular formula is C27H28N4O4. The Hall–Kier alpha value is -4.46. The number of hydrogen-bond donors (Lipinski definition) is 3. The second-order valence-electron chi connectivity index (χ2n) is 7.70. The van der Waals surface area contributed by atoms with Gasteiger partial charge in [0.1, 0.15) is 0 Å². The maximum Gasteiger partial charge on any atom is 0.258 e. The lowest BCUT2D eigenvalue weighted by Crippen LogP contribution is -2.36. The molecule has 0 spiro atoms. The Morgan fingerprint density at radius 2 is 1.60 bits per heavy atom. The third kappa shape index (κ3) is 5.55. The largest absolute Gasteiger partial charge is 0.493 e. The maximum atomic E-state index is 13.2. The highest BCUT2D eigenvalue weighted by atomic mass is 16.5. The molecule has 0 saturated carbocycles. The second-order valence-corrected chi connectivity index (χ2v) is 7.70. The number of H-pyrrole nitrogens is 1. The van der Waals surface area contributed by atoms with Crippen LogP contribution in [0.5, 0.6) is 17.2 Å². The third-order valence-electron chi connectivity index (χ3n) is 5.52. The number of rotatable bonds is 8. The molecule has 4 rings (SSSR count). The number of anilines is 1. The first kappa shape index (κ1) is 23.7. The molecule has 0 aliphatic rings. The highest BCUT2D eigenvalue weighted by molar-refractivity contribution is 6.10. The summed E-state index contributed by atoms with van der Waals surface area (Å²) in [5, 5.41) is 7.25. The first-order valence-corrected chi connectivity index (χ1v) is 11.2. The highest BCUT2D eigenvalue weighted by Crippen LogP contribution is 2.38. The van der Waals surface area contributed by atoms with Crippen molar-refractivity contribution >= 4 is 28.5 Å². The van der Waals surface area contributed by atoms with Gasteiger partial charge in [-0.15, -0.1) is 0 Å². The monoisotopic (exact) mass is 472 g/mol. The summed E-state index contributed by atoms with van der Waals surface area (Å²) < 4.78 is 16.1. The summed E-state index contributed by atoms with van der Waals surface area (Å²) in [5.41, 5.74) is 3.41. The lowest BCUT2D eigenvalue weighted by molar-refractivity contribution is 0.0976. The molecule has 180 valence electrons. The average molecular weight is 473 g/mol. The van der Waals surface area contributed by atoms with Crippen LogP contribution in [0, 0.1) is 0 Å².